The standard InChI is InChI=1S/C14H19ClO2/c1-14(2)7-5-6-9-10(15)8-11(16-3)13(17-4)12(9)14/h8H,5-7H2,1-4H3. The first-order valence-corrected chi connectivity index (χ1v) is 6.33. The van der Waals surface area contributed by atoms with Crippen LogP contribution in [0.4, 0.5) is 0 Å². The van der Waals surface area contributed by atoms with Gasteiger partial charge in [0.1, 0.15) is 0 Å². The van der Waals surface area contributed by atoms with Gasteiger partial charge in [-0.2, -0.15) is 0 Å². The van der Waals surface area contributed by atoms with E-state index >= 15 is 0 Å². The molecule has 94 valence electrons. The van der Waals surface area contributed by atoms with Crippen molar-refractivity contribution in [3.8, 4) is 11.5 Å². The van der Waals surface area contributed by atoms with Crippen LogP contribution in [-0.4, -0.2) is 14.2 Å². The van der Waals surface area contributed by atoms with Crippen LogP contribution in [0.1, 0.15) is 37.8 Å². The van der Waals surface area contributed by atoms with Gasteiger partial charge in [-0.25, -0.2) is 0 Å². The first-order chi connectivity index (χ1) is 8.01. The van der Waals surface area contributed by atoms with Crippen molar-refractivity contribution in [3.05, 3.63) is 22.2 Å². The number of fused-ring (bicyclic) bond motifs is 1. The molecule has 0 aromatic heterocycles. The summed E-state index contributed by atoms with van der Waals surface area (Å²) in [6.07, 6.45) is 3.35. The van der Waals surface area contributed by atoms with E-state index in [0.29, 0.717) is 0 Å². The number of rotatable bonds is 2. The smallest absolute Gasteiger partial charge is 0.164 e. The molecule has 0 amide bonds. The third kappa shape index (κ3) is 1.99. The van der Waals surface area contributed by atoms with Gasteiger partial charge in [0.15, 0.2) is 11.5 Å². The second-order valence-corrected chi connectivity index (χ2v) is 5.59. The molecule has 0 aliphatic heterocycles. The summed E-state index contributed by atoms with van der Waals surface area (Å²) in [4.78, 5) is 0. The number of hydrogen-bond donors (Lipinski definition) is 0. The van der Waals surface area contributed by atoms with Crippen molar-refractivity contribution in [1.82, 2.24) is 0 Å². The van der Waals surface area contributed by atoms with E-state index < -0.39 is 0 Å². The lowest BCUT2D eigenvalue weighted by Crippen LogP contribution is -2.25. The van der Waals surface area contributed by atoms with Gasteiger partial charge in [-0.1, -0.05) is 25.4 Å². The highest BCUT2D eigenvalue weighted by Gasteiger charge is 2.33. The SMILES string of the molecule is COc1cc(Cl)c2c(c1OC)C(C)(C)CCC2. The van der Waals surface area contributed by atoms with E-state index in [-0.39, 0.29) is 5.41 Å². The van der Waals surface area contributed by atoms with Crippen molar-refractivity contribution in [2.75, 3.05) is 14.2 Å². The third-order valence-electron chi connectivity index (χ3n) is 3.63. The van der Waals surface area contributed by atoms with Crippen molar-refractivity contribution >= 4 is 11.6 Å². The van der Waals surface area contributed by atoms with Crippen LogP contribution in [0.3, 0.4) is 0 Å². The van der Waals surface area contributed by atoms with E-state index in [1.165, 1.54) is 17.5 Å². The van der Waals surface area contributed by atoms with E-state index in [0.717, 1.165) is 29.4 Å². The van der Waals surface area contributed by atoms with Crippen LogP contribution in [0.25, 0.3) is 0 Å². The summed E-state index contributed by atoms with van der Waals surface area (Å²) in [7, 11) is 3.34. The maximum absolute atomic E-state index is 6.35. The summed E-state index contributed by atoms with van der Waals surface area (Å²) < 4.78 is 10.9. The van der Waals surface area contributed by atoms with Crippen molar-refractivity contribution < 1.29 is 9.47 Å². The molecule has 0 saturated carbocycles. The topological polar surface area (TPSA) is 18.5 Å². The highest BCUT2D eigenvalue weighted by molar-refractivity contribution is 6.31. The molecule has 2 rings (SSSR count). The van der Waals surface area contributed by atoms with Crippen molar-refractivity contribution in [1.29, 1.82) is 0 Å². The minimum absolute atomic E-state index is 0.0944. The second kappa shape index (κ2) is 4.41. The van der Waals surface area contributed by atoms with Crippen LogP contribution >= 0.6 is 11.6 Å². The lowest BCUT2D eigenvalue weighted by Gasteiger charge is -2.35. The largest absolute Gasteiger partial charge is 0.493 e. The van der Waals surface area contributed by atoms with Gasteiger partial charge in [-0.15, -0.1) is 0 Å². The molecule has 1 aliphatic rings. The number of halogens is 1. The maximum Gasteiger partial charge on any atom is 0.164 e. The molecular formula is C14H19ClO2. The molecule has 0 spiro atoms. The first kappa shape index (κ1) is 12.6. The molecule has 0 atom stereocenters. The van der Waals surface area contributed by atoms with E-state index in [4.69, 9.17) is 21.1 Å². The monoisotopic (exact) mass is 254 g/mol. The van der Waals surface area contributed by atoms with Crippen LogP contribution in [0.2, 0.25) is 5.02 Å². The van der Waals surface area contributed by atoms with Gasteiger partial charge in [0.2, 0.25) is 0 Å². The molecule has 0 heterocycles. The van der Waals surface area contributed by atoms with Crippen LogP contribution in [0.15, 0.2) is 6.07 Å². The first-order valence-electron chi connectivity index (χ1n) is 5.95. The molecule has 1 aromatic carbocycles. The minimum Gasteiger partial charge on any atom is -0.493 e. The second-order valence-electron chi connectivity index (χ2n) is 5.18. The highest BCUT2D eigenvalue weighted by atomic mass is 35.5. The van der Waals surface area contributed by atoms with Gasteiger partial charge < -0.3 is 9.47 Å². The summed E-state index contributed by atoms with van der Waals surface area (Å²) in [5, 5.41) is 0.797. The molecular weight excluding hydrogens is 236 g/mol. The molecule has 2 nitrogen and oxygen atoms in total. The zero-order valence-electron chi connectivity index (χ0n) is 10.9. The van der Waals surface area contributed by atoms with Crippen molar-refractivity contribution in [3.63, 3.8) is 0 Å². The van der Waals surface area contributed by atoms with E-state index in [1.807, 2.05) is 6.07 Å². The Bertz CT molecular complexity index is 438. The molecule has 0 radical (unpaired) electrons. The number of benzene rings is 1. The number of hydrogen-bond acceptors (Lipinski definition) is 2. The van der Waals surface area contributed by atoms with E-state index in [2.05, 4.69) is 13.8 Å². The van der Waals surface area contributed by atoms with E-state index in [9.17, 15) is 0 Å². The molecule has 17 heavy (non-hydrogen) atoms. The Hall–Kier alpha value is -0.890. The van der Waals surface area contributed by atoms with Gasteiger partial charge in [0, 0.05) is 16.7 Å². The van der Waals surface area contributed by atoms with Crippen LogP contribution < -0.4 is 9.47 Å². The fourth-order valence-corrected chi connectivity index (χ4v) is 3.08. The Morgan fingerprint density at radius 2 is 1.94 bits per heavy atom. The van der Waals surface area contributed by atoms with Gasteiger partial charge in [-0.3, -0.25) is 0 Å². The minimum atomic E-state index is 0.0944. The van der Waals surface area contributed by atoms with Crippen LogP contribution in [0, 0.1) is 0 Å². The van der Waals surface area contributed by atoms with Gasteiger partial charge in [0.25, 0.3) is 0 Å². The van der Waals surface area contributed by atoms with Crippen molar-refractivity contribution in [2.24, 2.45) is 0 Å². The molecule has 1 aliphatic carbocycles. The van der Waals surface area contributed by atoms with Gasteiger partial charge in [0.05, 0.1) is 14.2 Å². The average molecular weight is 255 g/mol. The average Bonchev–Trinajstić information content (AvgIpc) is 2.29. The Labute approximate surface area is 108 Å². The summed E-state index contributed by atoms with van der Waals surface area (Å²) in [5.41, 5.74) is 2.54. The van der Waals surface area contributed by atoms with E-state index in [1.54, 1.807) is 14.2 Å². The summed E-state index contributed by atoms with van der Waals surface area (Å²) >= 11 is 6.35. The lowest BCUT2D eigenvalue weighted by atomic mass is 9.72. The van der Waals surface area contributed by atoms with Crippen LogP contribution in [0.5, 0.6) is 11.5 Å². The molecule has 3 heteroatoms. The fraction of sp³-hybridized carbons (Fsp3) is 0.571. The zero-order valence-corrected chi connectivity index (χ0v) is 11.6. The molecule has 0 N–H and O–H groups in total. The predicted octanol–water partition coefficient (Wildman–Crippen LogP) is 3.97. The summed E-state index contributed by atoms with van der Waals surface area (Å²) in [5.74, 6) is 1.57. The third-order valence-corrected chi connectivity index (χ3v) is 3.97. The fourth-order valence-electron chi connectivity index (χ4n) is 2.79. The highest BCUT2D eigenvalue weighted by Crippen LogP contribution is 2.48. The zero-order chi connectivity index (χ0) is 12.6. The predicted molar refractivity (Wildman–Crippen MR) is 70.5 cm³/mol. The Morgan fingerprint density at radius 1 is 1.24 bits per heavy atom. The van der Waals surface area contributed by atoms with Gasteiger partial charge in [-0.05, 0) is 30.2 Å². The normalized spacial score (nSPS) is 17.5. The van der Waals surface area contributed by atoms with Crippen LogP contribution in [-0.2, 0) is 11.8 Å². The Balaban J connectivity index is 2.73. The summed E-state index contributed by atoms with van der Waals surface area (Å²) in [6.45, 7) is 4.48. The lowest BCUT2D eigenvalue weighted by molar-refractivity contribution is 0.332. The molecule has 1 aromatic rings. The Morgan fingerprint density at radius 3 is 2.53 bits per heavy atom. The molecule has 0 unspecified atom stereocenters. The van der Waals surface area contributed by atoms with Crippen molar-refractivity contribution in [2.45, 2.75) is 38.5 Å². The summed E-state index contributed by atoms with van der Waals surface area (Å²) in [6, 6.07) is 1.86. The number of methoxy groups -OCH3 is 2. The quantitative estimate of drug-likeness (QED) is 0.795. The maximum atomic E-state index is 6.35. The molecule has 0 bridgehead atoms. The van der Waals surface area contributed by atoms with Gasteiger partial charge >= 0.3 is 0 Å². The number of ether oxygens (including phenoxy) is 2. The molecule has 0 saturated heterocycles. The Kier molecular flexibility index (Phi) is 3.26. The molecule has 0 fully saturated rings.